The van der Waals surface area contributed by atoms with Crippen molar-refractivity contribution in [3.8, 4) is 0 Å². The smallest absolute Gasteiger partial charge is 0.342 e. The van der Waals surface area contributed by atoms with Crippen LogP contribution in [0.25, 0.3) is 0 Å². The summed E-state index contributed by atoms with van der Waals surface area (Å²) < 4.78 is 0. The number of anilines is 3. The molecule has 1 aromatic carbocycles. The molecule has 1 saturated heterocycles. The molecule has 4 rings (SSSR count). The highest BCUT2D eigenvalue weighted by Gasteiger charge is 2.31. The fourth-order valence-corrected chi connectivity index (χ4v) is 3.29. The highest BCUT2D eigenvalue weighted by Crippen LogP contribution is 2.36. The number of piperazine rings is 1. The van der Waals surface area contributed by atoms with Crippen molar-refractivity contribution in [1.29, 1.82) is 0 Å². The van der Waals surface area contributed by atoms with Gasteiger partial charge in [-0.05, 0) is 31.3 Å². The molecule has 0 radical (unpaired) electrons. The molecule has 35 heavy (non-hydrogen) atoms. The summed E-state index contributed by atoms with van der Waals surface area (Å²) in [7, 11) is 2.06. The van der Waals surface area contributed by atoms with Crippen LogP contribution in [0, 0.1) is 0 Å². The molecule has 2 aliphatic heterocycles. The molecular formula is C22H26N6O7. The predicted octanol–water partition coefficient (Wildman–Crippen LogP) is 0.544. The molecule has 0 bridgehead atoms. The number of hydrazine groups is 1. The predicted molar refractivity (Wildman–Crippen MR) is 126 cm³/mol. The van der Waals surface area contributed by atoms with Crippen LogP contribution in [0.15, 0.2) is 54.7 Å². The molecule has 0 atom stereocenters. The van der Waals surface area contributed by atoms with E-state index in [9.17, 15) is 19.2 Å². The number of urea groups is 1. The van der Waals surface area contributed by atoms with Crippen LogP contribution in [0.3, 0.4) is 0 Å². The Balaban J connectivity index is 0.000000418. The van der Waals surface area contributed by atoms with E-state index in [1.165, 1.54) is 4.90 Å². The van der Waals surface area contributed by atoms with Gasteiger partial charge < -0.3 is 25.9 Å². The number of hydrogen-bond donors (Lipinski definition) is 4. The lowest BCUT2D eigenvalue weighted by molar-refractivity contribution is -0.134. The number of nitrogens with zero attached hydrogens (tertiary/aromatic N) is 4. The van der Waals surface area contributed by atoms with Gasteiger partial charge in [-0.25, -0.2) is 29.3 Å². The summed E-state index contributed by atoms with van der Waals surface area (Å²) in [4.78, 5) is 52.8. The van der Waals surface area contributed by atoms with Crippen LogP contribution in [0.5, 0.6) is 0 Å². The molecular weight excluding hydrogens is 460 g/mol. The first kappa shape index (κ1) is 26.9. The number of rotatable bonds is 3. The summed E-state index contributed by atoms with van der Waals surface area (Å²) in [5.74, 6) is -2.37. The average Bonchev–Trinajstić information content (AvgIpc) is 2.93. The fourth-order valence-electron chi connectivity index (χ4n) is 3.29. The minimum atomic E-state index is -1.26. The minimum absolute atomic E-state index is 0. The molecule has 13 heteroatoms. The first-order valence-corrected chi connectivity index (χ1v) is 10.3. The monoisotopic (exact) mass is 486 g/mol. The topological polar surface area (TPSA) is 187 Å². The van der Waals surface area contributed by atoms with Crippen LogP contribution < -0.4 is 15.6 Å². The van der Waals surface area contributed by atoms with Crippen molar-refractivity contribution in [2.75, 3.05) is 43.4 Å². The van der Waals surface area contributed by atoms with Gasteiger partial charge in [0, 0.05) is 44.5 Å². The van der Waals surface area contributed by atoms with Gasteiger partial charge in [0.25, 0.3) is 5.91 Å². The van der Waals surface area contributed by atoms with Crippen molar-refractivity contribution < 1.29 is 34.9 Å². The van der Waals surface area contributed by atoms with Gasteiger partial charge >= 0.3 is 18.0 Å². The van der Waals surface area contributed by atoms with E-state index in [2.05, 4.69) is 27.7 Å². The molecule has 13 nitrogen and oxygen atoms in total. The number of amides is 3. The zero-order valence-electron chi connectivity index (χ0n) is 18.8. The third kappa shape index (κ3) is 7.07. The van der Waals surface area contributed by atoms with E-state index >= 15 is 0 Å². The van der Waals surface area contributed by atoms with E-state index in [0.717, 1.165) is 26.2 Å². The van der Waals surface area contributed by atoms with Gasteiger partial charge in [-0.3, -0.25) is 10.2 Å². The van der Waals surface area contributed by atoms with Crippen LogP contribution in [-0.2, 0) is 9.59 Å². The van der Waals surface area contributed by atoms with Gasteiger partial charge in [0.15, 0.2) is 5.82 Å². The molecule has 1 aromatic heterocycles. The van der Waals surface area contributed by atoms with Crippen LogP contribution >= 0.6 is 0 Å². The second-order valence-electron chi connectivity index (χ2n) is 7.40. The SMILES string of the molecule is CN1CCN(NC(=O)N2c3ccccc3C(=O)Nc3cccnc32)CC1.O.O=C(O)/C=C\C(=O)O. The lowest BCUT2D eigenvalue weighted by Crippen LogP contribution is -2.55. The summed E-state index contributed by atoms with van der Waals surface area (Å²) in [6.07, 6.45) is 2.72. The molecule has 3 heterocycles. The van der Waals surface area contributed by atoms with E-state index in [1.54, 1.807) is 42.6 Å². The van der Waals surface area contributed by atoms with Gasteiger partial charge in [-0.2, -0.15) is 0 Å². The number of likely N-dealkylation sites (N-methyl/N-ethyl adjacent to an activating group) is 1. The van der Waals surface area contributed by atoms with Gasteiger partial charge in [0.2, 0.25) is 0 Å². The first-order valence-electron chi connectivity index (χ1n) is 10.3. The number of carbonyl (C=O) groups excluding carboxylic acids is 2. The normalized spacial score (nSPS) is 15.3. The molecule has 0 spiro atoms. The Labute approximate surface area is 200 Å². The van der Waals surface area contributed by atoms with Crippen molar-refractivity contribution in [1.82, 2.24) is 20.3 Å². The maximum absolute atomic E-state index is 13.1. The highest BCUT2D eigenvalue weighted by molar-refractivity contribution is 6.16. The summed E-state index contributed by atoms with van der Waals surface area (Å²) in [6.45, 7) is 3.24. The maximum atomic E-state index is 13.1. The van der Waals surface area contributed by atoms with Crippen LogP contribution in [-0.4, -0.2) is 87.7 Å². The molecule has 0 unspecified atom stereocenters. The number of benzene rings is 1. The first-order chi connectivity index (χ1) is 16.3. The van der Waals surface area contributed by atoms with Crippen LogP contribution in [0.4, 0.5) is 22.0 Å². The quantitative estimate of drug-likeness (QED) is 0.449. The van der Waals surface area contributed by atoms with Crippen molar-refractivity contribution >= 4 is 41.1 Å². The Morgan fingerprint density at radius 1 is 1.00 bits per heavy atom. The Morgan fingerprint density at radius 3 is 2.26 bits per heavy atom. The Kier molecular flexibility index (Phi) is 9.40. The molecule has 2 aromatic rings. The number of nitrogens with one attached hydrogen (secondary N) is 2. The second-order valence-corrected chi connectivity index (χ2v) is 7.40. The highest BCUT2D eigenvalue weighted by atomic mass is 16.4. The minimum Gasteiger partial charge on any atom is -0.478 e. The molecule has 3 amide bonds. The van der Waals surface area contributed by atoms with Gasteiger partial charge in [0.05, 0.1) is 16.9 Å². The molecule has 0 saturated carbocycles. The van der Waals surface area contributed by atoms with Crippen molar-refractivity contribution in [3.63, 3.8) is 0 Å². The van der Waals surface area contributed by atoms with E-state index in [0.29, 0.717) is 34.9 Å². The number of pyridine rings is 1. The number of aliphatic carboxylic acids is 2. The molecule has 186 valence electrons. The molecule has 2 aliphatic rings. The lowest BCUT2D eigenvalue weighted by Gasteiger charge is -2.34. The van der Waals surface area contributed by atoms with Gasteiger partial charge in [-0.1, -0.05) is 12.1 Å². The summed E-state index contributed by atoms with van der Waals surface area (Å²) >= 11 is 0. The fraction of sp³-hybridized carbons (Fsp3) is 0.227. The molecule has 0 aliphatic carbocycles. The molecule has 1 fully saturated rings. The zero-order chi connectivity index (χ0) is 24.7. The Bertz CT molecular complexity index is 1100. The Morgan fingerprint density at radius 2 is 1.63 bits per heavy atom. The number of carbonyl (C=O) groups is 4. The number of carboxylic acid groups (broad SMARTS) is 2. The number of hydrogen-bond acceptors (Lipinski definition) is 7. The van der Waals surface area contributed by atoms with E-state index in [-0.39, 0.29) is 17.4 Å². The summed E-state index contributed by atoms with van der Waals surface area (Å²) in [5.41, 5.74) is 4.39. The maximum Gasteiger partial charge on any atom is 0.342 e. The molecule has 6 N–H and O–H groups in total. The van der Waals surface area contributed by atoms with Gasteiger partial charge in [0.1, 0.15) is 0 Å². The zero-order valence-corrected chi connectivity index (χ0v) is 18.8. The van der Waals surface area contributed by atoms with Crippen LogP contribution in [0.2, 0.25) is 0 Å². The third-order valence-electron chi connectivity index (χ3n) is 4.96. The Hall–Kier alpha value is -4.33. The summed E-state index contributed by atoms with van der Waals surface area (Å²) in [6, 6.07) is 10.2. The lowest BCUT2D eigenvalue weighted by atomic mass is 10.1. The van der Waals surface area contributed by atoms with Gasteiger partial charge in [-0.15, -0.1) is 0 Å². The number of aromatic nitrogens is 1. The number of para-hydroxylation sites is 1. The van der Waals surface area contributed by atoms with E-state index in [4.69, 9.17) is 10.2 Å². The van der Waals surface area contributed by atoms with Crippen molar-refractivity contribution in [3.05, 3.63) is 60.3 Å². The average molecular weight is 486 g/mol. The van der Waals surface area contributed by atoms with E-state index < -0.39 is 11.9 Å². The third-order valence-corrected chi connectivity index (χ3v) is 4.96. The summed E-state index contributed by atoms with van der Waals surface area (Å²) in [5, 5.41) is 20.4. The number of fused-ring (bicyclic) bond motifs is 2. The van der Waals surface area contributed by atoms with E-state index in [1.807, 2.05) is 5.01 Å². The standard InChI is InChI=1S/C18H20N6O2.C4H4O4.H2O/c1-22-9-11-23(12-10-22)21-18(26)24-15-7-3-2-5-13(15)17(25)20-14-6-4-8-19-16(14)24;5-3(6)1-2-4(7)8;/h2-8H,9-12H2,1H3,(H,20,25)(H,21,26);1-2H,(H,5,6)(H,7,8);1H2/b;2-1-;. The largest absolute Gasteiger partial charge is 0.478 e. The van der Waals surface area contributed by atoms with Crippen molar-refractivity contribution in [2.45, 2.75) is 0 Å². The van der Waals surface area contributed by atoms with Crippen molar-refractivity contribution in [2.24, 2.45) is 0 Å². The number of carboxylic acids is 2. The van der Waals surface area contributed by atoms with Crippen LogP contribution in [0.1, 0.15) is 10.4 Å². The second kappa shape index (κ2) is 12.2.